The zero-order chi connectivity index (χ0) is 10.6. The number of nitrogens with zero attached hydrogens (tertiary/aromatic N) is 1. The molecule has 2 aliphatic heterocycles. The summed E-state index contributed by atoms with van der Waals surface area (Å²) in [5.41, 5.74) is 0. The van der Waals surface area contributed by atoms with E-state index < -0.39 is 0 Å². The predicted octanol–water partition coefficient (Wildman–Crippen LogP) is 1.30. The summed E-state index contributed by atoms with van der Waals surface area (Å²) in [5, 5.41) is 3.63. The van der Waals surface area contributed by atoms with Gasteiger partial charge in [0, 0.05) is 13.1 Å². The number of carbonyl (C=O) groups excluding carboxylic acids is 1. The lowest BCUT2D eigenvalue weighted by atomic mass is 10.1. The summed E-state index contributed by atoms with van der Waals surface area (Å²) in [5.74, 6) is 0. The molecule has 0 atom stereocenters. The van der Waals surface area contributed by atoms with Gasteiger partial charge >= 0.3 is 0 Å². The summed E-state index contributed by atoms with van der Waals surface area (Å²) in [6.45, 7) is 6.77. The summed E-state index contributed by atoms with van der Waals surface area (Å²) in [7, 11) is 2.13. The lowest BCUT2D eigenvalue weighted by Gasteiger charge is -2.36. The van der Waals surface area contributed by atoms with Crippen molar-refractivity contribution in [3.63, 3.8) is 0 Å². The van der Waals surface area contributed by atoms with E-state index in [2.05, 4.69) is 17.3 Å². The van der Waals surface area contributed by atoms with Crippen molar-refractivity contribution in [2.75, 3.05) is 26.7 Å². The standard InChI is InChI=1S/C8H14N2OS.C2H6/c1-10-4-2-8(3-5-10)9-6-7(11)12-8;1-2/h9H,2-6H2,1H3;1-2H3. The van der Waals surface area contributed by atoms with E-state index in [1.54, 1.807) is 0 Å². The predicted molar refractivity (Wildman–Crippen MR) is 61.4 cm³/mol. The molecular weight excluding hydrogens is 196 g/mol. The van der Waals surface area contributed by atoms with Gasteiger partial charge in [-0.05, 0) is 19.9 Å². The van der Waals surface area contributed by atoms with Gasteiger partial charge in [0.1, 0.15) is 0 Å². The lowest BCUT2D eigenvalue weighted by molar-refractivity contribution is -0.109. The molecule has 2 heterocycles. The van der Waals surface area contributed by atoms with E-state index in [1.807, 2.05) is 13.8 Å². The van der Waals surface area contributed by atoms with Crippen molar-refractivity contribution in [2.45, 2.75) is 31.6 Å². The first kappa shape index (κ1) is 12.0. The normalized spacial score (nSPS) is 26.1. The van der Waals surface area contributed by atoms with Crippen LogP contribution in [-0.2, 0) is 4.79 Å². The SMILES string of the molecule is CC.CN1CCC2(CC1)NCC(=O)S2. The van der Waals surface area contributed by atoms with Crippen molar-refractivity contribution in [3.8, 4) is 0 Å². The fourth-order valence-electron chi connectivity index (χ4n) is 1.78. The third kappa shape index (κ3) is 2.72. The highest BCUT2D eigenvalue weighted by Crippen LogP contribution is 2.37. The molecule has 82 valence electrons. The zero-order valence-corrected chi connectivity index (χ0v) is 10.1. The second kappa shape index (κ2) is 5.14. The van der Waals surface area contributed by atoms with Crippen molar-refractivity contribution in [2.24, 2.45) is 0 Å². The number of nitrogens with one attached hydrogen (secondary N) is 1. The highest BCUT2D eigenvalue weighted by atomic mass is 32.2. The van der Waals surface area contributed by atoms with E-state index >= 15 is 0 Å². The molecule has 0 aliphatic carbocycles. The number of carbonyl (C=O) groups is 1. The maximum absolute atomic E-state index is 11.1. The minimum Gasteiger partial charge on any atom is -0.306 e. The third-order valence-electron chi connectivity index (χ3n) is 2.66. The Kier molecular flexibility index (Phi) is 4.41. The molecule has 14 heavy (non-hydrogen) atoms. The Balaban J connectivity index is 0.000000461. The smallest absolute Gasteiger partial charge is 0.204 e. The van der Waals surface area contributed by atoms with E-state index in [0.717, 1.165) is 25.9 Å². The number of hydrogen-bond donors (Lipinski definition) is 1. The molecule has 0 aromatic heterocycles. The van der Waals surface area contributed by atoms with Crippen LogP contribution in [-0.4, -0.2) is 41.6 Å². The van der Waals surface area contributed by atoms with Crippen LogP contribution in [0.25, 0.3) is 0 Å². The summed E-state index contributed by atoms with van der Waals surface area (Å²) in [6.07, 6.45) is 2.19. The largest absolute Gasteiger partial charge is 0.306 e. The van der Waals surface area contributed by atoms with Crippen LogP contribution in [0, 0.1) is 0 Å². The van der Waals surface area contributed by atoms with Crippen LogP contribution in [0.5, 0.6) is 0 Å². The fraction of sp³-hybridized carbons (Fsp3) is 0.900. The molecule has 0 amide bonds. The molecule has 4 heteroatoms. The molecule has 1 spiro atoms. The average molecular weight is 216 g/mol. The van der Waals surface area contributed by atoms with Crippen LogP contribution in [0.4, 0.5) is 0 Å². The minimum atomic E-state index is 0.101. The zero-order valence-electron chi connectivity index (χ0n) is 9.30. The van der Waals surface area contributed by atoms with Crippen LogP contribution in [0.15, 0.2) is 0 Å². The second-order valence-electron chi connectivity index (χ2n) is 3.63. The van der Waals surface area contributed by atoms with Crippen molar-refractivity contribution < 1.29 is 4.79 Å². The van der Waals surface area contributed by atoms with Gasteiger partial charge in [0.2, 0.25) is 5.12 Å². The van der Waals surface area contributed by atoms with Crippen LogP contribution in [0.2, 0.25) is 0 Å². The van der Waals surface area contributed by atoms with Gasteiger partial charge < -0.3 is 4.90 Å². The van der Waals surface area contributed by atoms with Crippen molar-refractivity contribution in [3.05, 3.63) is 0 Å². The number of thioether (sulfide) groups is 1. The number of hydrogen-bond acceptors (Lipinski definition) is 4. The van der Waals surface area contributed by atoms with Crippen LogP contribution in [0.3, 0.4) is 0 Å². The quantitative estimate of drug-likeness (QED) is 0.661. The Labute approximate surface area is 90.6 Å². The summed E-state index contributed by atoms with van der Waals surface area (Å²) >= 11 is 1.51. The molecule has 0 aromatic carbocycles. The maximum Gasteiger partial charge on any atom is 0.204 e. The molecule has 2 fully saturated rings. The van der Waals surface area contributed by atoms with Gasteiger partial charge in [0.05, 0.1) is 11.4 Å². The molecule has 0 radical (unpaired) electrons. The highest BCUT2D eigenvalue weighted by molar-refractivity contribution is 8.15. The minimum absolute atomic E-state index is 0.101. The first-order valence-corrected chi connectivity index (χ1v) is 6.17. The van der Waals surface area contributed by atoms with Gasteiger partial charge in [-0.2, -0.15) is 0 Å². The molecule has 2 aliphatic rings. The second-order valence-corrected chi connectivity index (χ2v) is 5.07. The van der Waals surface area contributed by atoms with E-state index in [9.17, 15) is 4.79 Å². The van der Waals surface area contributed by atoms with E-state index in [1.165, 1.54) is 11.8 Å². The van der Waals surface area contributed by atoms with Gasteiger partial charge in [-0.3, -0.25) is 10.1 Å². The Morgan fingerprint density at radius 1 is 1.36 bits per heavy atom. The Morgan fingerprint density at radius 3 is 2.36 bits per heavy atom. The van der Waals surface area contributed by atoms with Crippen molar-refractivity contribution >= 4 is 16.9 Å². The van der Waals surface area contributed by atoms with Crippen LogP contribution >= 0.6 is 11.8 Å². The topological polar surface area (TPSA) is 32.3 Å². The summed E-state index contributed by atoms with van der Waals surface area (Å²) < 4.78 is 0. The number of likely N-dealkylation sites (tertiary alicyclic amines) is 1. The van der Waals surface area contributed by atoms with E-state index in [-0.39, 0.29) is 4.87 Å². The van der Waals surface area contributed by atoms with Gasteiger partial charge in [-0.15, -0.1) is 0 Å². The maximum atomic E-state index is 11.1. The van der Waals surface area contributed by atoms with Crippen molar-refractivity contribution in [1.29, 1.82) is 0 Å². The van der Waals surface area contributed by atoms with E-state index in [4.69, 9.17) is 0 Å². The Hall–Kier alpha value is -0.0600. The first-order valence-electron chi connectivity index (χ1n) is 5.36. The molecule has 0 bridgehead atoms. The molecule has 2 saturated heterocycles. The summed E-state index contributed by atoms with van der Waals surface area (Å²) in [6, 6.07) is 0. The van der Waals surface area contributed by atoms with Crippen LogP contribution < -0.4 is 5.32 Å². The Bertz CT molecular complexity index is 200. The molecule has 1 N–H and O–H groups in total. The highest BCUT2D eigenvalue weighted by Gasteiger charge is 2.40. The fourth-order valence-corrected chi connectivity index (χ4v) is 2.89. The summed E-state index contributed by atoms with van der Waals surface area (Å²) in [4.78, 5) is 13.5. The Morgan fingerprint density at radius 2 is 1.93 bits per heavy atom. The van der Waals surface area contributed by atoms with Gasteiger partial charge in [0.25, 0.3) is 0 Å². The molecule has 2 rings (SSSR count). The monoisotopic (exact) mass is 216 g/mol. The van der Waals surface area contributed by atoms with E-state index in [0.29, 0.717) is 11.7 Å². The molecule has 3 nitrogen and oxygen atoms in total. The van der Waals surface area contributed by atoms with Crippen LogP contribution in [0.1, 0.15) is 26.7 Å². The van der Waals surface area contributed by atoms with Gasteiger partial charge in [0.15, 0.2) is 0 Å². The average Bonchev–Trinajstić information content (AvgIpc) is 2.57. The molecular formula is C10H20N2OS. The van der Waals surface area contributed by atoms with Gasteiger partial charge in [-0.1, -0.05) is 25.6 Å². The molecule has 0 saturated carbocycles. The third-order valence-corrected chi connectivity index (χ3v) is 3.97. The molecule has 0 aromatic rings. The van der Waals surface area contributed by atoms with Gasteiger partial charge in [-0.25, -0.2) is 0 Å². The molecule has 0 unspecified atom stereocenters. The first-order chi connectivity index (χ1) is 6.70. The number of piperidine rings is 1. The van der Waals surface area contributed by atoms with Crippen molar-refractivity contribution in [1.82, 2.24) is 10.2 Å². The lowest BCUT2D eigenvalue weighted by Crippen LogP contribution is -2.47. The number of rotatable bonds is 0.